The van der Waals surface area contributed by atoms with Crippen LogP contribution in [0.3, 0.4) is 0 Å². The Morgan fingerprint density at radius 3 is 2.78 bits per heavy atom. The first kappa shape index (κ1) is 16.6. The zero-order chi connectivity index (χ0) is 16.7. The molecule has 6 nitrogen and oxygen atoms in total. The van der Waals surface area contributed by atoms with Crippen molar-refractivity contribution in [2.45, 2.75) is 0 Å². The first-order valence-electron chi connectivity index (χ1n) is 6.77. The predicted molar refractivity (Wildman–Crippen MR) is 90.3 cm³/mol. The van der Waals surface area contributed by atoms with E-state index in [0.29, 0.717) is 5.56 Å². The lowest BCUT2D eigenvalue weighted by Gasteiger charge is -2.06. The smallest absolute Gasteiger partial charge is 0.259 e. The topological polar surface area (TPSA) is 83.0 Å². The predicted octanol–water partition coefficient (Wildman–Crippen LogP) is 2.62. The van der Waals surface area contributed by atoms with Gasteiger partial charge in [-0.2, -0.15) is 5.10 Å². The summed E-state index contributed by atoms with van der Waals surface area (Å²) < 4.78 is 4.99. The van der Waals surface area contributed by atoms with E-state index in [1.54, 1.807) is 6.07 Å². The lowest BCUT2D eigenvalue weighted by Crippen LogP contribution is -2.25. The van der Waals surface area contributed by atoms with E-state index in [4.69, 9.17) is 16.3 Å². The van der Waals surface area contributed by atoms with E-state index in [1.165, 1.54) is 19.4 Å². The zero-order valence-corrected chi connectivity index (χ0v) is 13.2. The van der Waals surface area contributed by atoms with Gasteiger partial charge in [0, 0.05) is 5.69 Å². The Morgan fingerprint density at radius 2 is 2.09 bits per heavy atom. The second kappa shape index (κ2) is 8.05. The molecule has 2 aromatic rings. The highest BCUT2D eigenvalue weighted by Gasteiger charge is 2.07. The molecule has 7 heteroatoms. The van der Waals surface area contributed by atoms with Crippen molar-refractivity contribution in [3.05, 3.63) is 53.1 Å². The number of amides is 1. The number of phenolic OH excluding ortho intramolecular Hbond substituents is 1. The summed E-state index contributed by atoms with van der Waals surface area (Å²) in [6.07, 6.45) is 1.41. The van der Waals surface area contributed by atoms with Crippen LogP contribution < -0.4 is 15.5 Å². The number of halogens is 1. The van der Waals surface area contributed by atoms with E-state index < -0.39 is 0 Å². The van der Waals surface area contributed by atoms with Crippen LogP contribution in [0.2, 0.25) is 5.02 Å². The van der Waals surface area contributed by atoms with Gasteiger partial charge in [-0.1, -0.05) is 29.8 Å². The van der Waals surface area contributed by atoms with Gasteiger partial charge in [-0.25, -0.2) is 5.43 Å². The maximum absolute atomic E-state index is 11.7. The third-order valence-corrected chi connectivity index (χ3v) is 3.19. The molecule has 0 aliphatic carbocycles. The standard InChI is InChI=1S/C16H16ClN3O3/c1-23-14-8-11(7-13(17)16(14)22)9-19-20-15(21)10-18-12-5-3-2-4-6-12/h2-9,18,22H,10H2,1H3,(H,20,21)/b19-9-. The Kier molecular flexibility index (Phi) is 5.82. The lowest BCUT2D eigenvalue weighted by atomic mass is 10.2. The van der Waals surface area contributed by atoms with Crippen LogP contribution in [0.25, 0.3) is 0 Å². The second-order valence-corrected chi connectivity index (χ2v) is 4.97. The van der Waals surface area contributed by atoms with Crippen molar-refractivity contribution in [2.75, 3.05) is 19.0 Å². The van der Waals surface area contributed by atoms with Gasteiger partial charge >= 0.3 is 0 Å². The average Bonchev–Trinajstić information content (AvgIpc) is 2.57. The number of carbonyl (C=O) groups excluding carboxylic acids is 1. The van der Waals surface area contributed by atoms with Crippen molar-refractivity contribution in [2.24, 2.45) is 5.10 Å². The van der Waals surface area contributed by atoms with Crippen LogP contribution in [0.1, 0.15) is 5.56 Å². The van der Waals surface area contributed by atoms with Crippen LogP contribution >= 0.6 is 11.6 Å². The molecule has 0 bridgehead atoms. The number of para-hydroxylation sites is 1. The molecule has 3 N–H and O–H groups in total. The molecular weight excluding hydrogens is 318 g/mol. The monoisotopic (exact) mass is 333 g/mol. The van der Waals surface area contributed by atoms with Gasteiger partial charge in [0.05, 0.1) is 24.9 Å². The van der Waals surface area contributed by atoms with Crippen molar-refractivity contribution >= 4 is 29.4 Å². The fraction of sp³-hybridized carbons (Fsp3) is 0.125. The van der Waals surface area contributed by atoms with Crippen LogP contribution in [-0.2, 0) is 4.79 Å². The molecule has 2 rings (SSSR count). The highest BCUT2D eigenvalue weighted by atomic mass is 35.5. The third-order valence-electron chi connectivity index (χ3n) is 2.90. The van der Waals surface area contributed by atoms with Crippen LogP contribution in [0.4, 0.5) is 5.69 Å². The number of phenols is 1. The number of aromatic hydroxyl groups is 1. The highest BCUT2D eigenvalue weighted by Crippen LogP contribution is 2.34. The summed E-state index contributed by atoms with van der Waals surface area (Å²) in [6.45, 7) is 0.0982. The van der Waals surface area contributed by atoms with Crippen molar-refractivity contribution in [3.63, 3.8) is 0 Å². The number of anilines is 1. The molecule has 0 saturated carbocycles. The first-order chi connectivity index (χ1) is 11.1. The highest BCUT2D eigenvalue weighted by molar-refractivity contribution is 6.32. The molecule has 0 radical (unpaired) electrons. The summed E-state index contributed by atoms with van der Waals surface area (Å²) >= 11 is 5.87. The second-order valence-electron chi connectivity index (χ2n) is 4.57. The molecule has 0 saturated heterocycles. The summed E-state index contributed by atoms with van der Waals surface area (Å²) in [7, 11) is 1.42. The van der Waals surface area contributed by atoms with Gasteiger partial charge in [0.25, 0.3) is 5.91 Å². The molecule has 0 atom stereocenters. The van der Waals surface area contributed by atoms with Gasteiger partial charge in [-0.05, 0) is 29.8 Å². The van der Waals surface area contributed by atoms with Crippen LogP contribution in [0.15, 0.2) is 47.6 Å². The number of nitrogens with one attached hydrogen (secondary N) is 2. The minimum Gasteiger partial charge on any atom is -0.503 e. The van der Waals surface area contributed by atoms with Crippen molar-refractivity contribution in [3.8, 4) is 11.5 Å². The number of carbonyl (C=O) groups is 1. The number of ether oxygens (including phenoxy) is 1. The zero-order valence-electron chi connectivity index (χ0n) is 12.4. The van der Waals surface area contributed by atoms with Gasteiger partial charge in [0.1, 0.15) is 0 Å². The number of hydrogen-bond donors (Lipinski definition) is 3. The summed E-state index contributed by atoms with van der Waals surface area (Å²) in [4.78, 5) is 11.7. The van der Waals surface area contributed by atoms with E-state index >= 15 is 0 Å². The Hall–Kier alpha value is -2.73. The van der Waals surface area contributed by atoms with Crippen LogP contribution in [0, 0.1) is 0 Å². The Balaban J connectivity index is 1.89. The molecule has 0 heterocycles. The van der Waals surface area contributed by atoms with Crippen LogP contribution in [-0.4, -0.2) is 30.9 Å². The molecular formula is C16H16ClN3O3. The van der Waals surface area contributed by atoms with Crippen molar-refractivity contribution in [1.82, 2.24) is 5.43 Å². The van der Waals surface area contributed by atoms with Crippen molar-refractivity contribution < 1.29 is 14.6 Å². The summed E-state index contributed by atoms with van der Waals surface area (Å²) in [5.41, 5.74) is 3.83. The van der Waals surface area contributed by atoms with Crippen LogP contribution in [0.5, 0.6) is 11.5 Å². The molecule has 0 unspecified atom stereocenters. The van der Waals surface area contributed by atoms with E-state index in [1.807, 2.05) is 30.3 Å². The third kappa shape index (κ3) is 4.89. The van der Waals surface area contributed by atoms with Gasteiger partial charge < -0.3 is 15.2 Å². The minimum absolute atomic E-state index is 0.0982. The number of nitrogens with zero attached hydrogens (tertiary/aromatic N) is 1. The van der Waals surface area contributed by atoms with E-state index in [-0.39, 0.29) is 29.0 Å². The molecule has 23 heavy (non-hydrogen) atoms. The fourth-order valence-corrected chi connectivity index (χ4v) is 2.00. The normalized spacial score (nSPS) is 10.5. The van der Waals surface area contributed by atoms with Gasteiger partial charge in [-0.3, -0.25) is 4.79 Å². The molecule has 0 spiro atoms. The Labute approximate surface area is 138 Å². The number of hydrazone groups is 1. The molecule has 0 aliphatic heterocycles. The maximum atomic E-state index is 11.7. The van der Waals surface area contributed by atoms with Gasteiger partial charge in [-0.15, -0.1) is 0 Å². The fourth-order valence-electron chi connectivity index (χ4n) is 1.78. The van der Waals surface area contributed by atoms with Gasteiger partial charge in [0.2, 0.25) is 0 Å². The molecule has 120 valence electrons. The average molecular weight is 334 g/mol. The van der Waals surface area contributed by atoms with Crippen molar-refractivity contribution in [1.29, 1.82) is 0 Å². The molecule has 2 aromatic carbocycles. The number of benzene rings is 2. The number of hydrogen-bond acceptors (Lipinski definition) is 5. The largest absolute Gasteiger partial charge is 0.503 e. The van der Waals surface area contributed by atoms with Gasteiger partial charge in [0.15, 0.2) is 11.5 Å². The summed E-state index contributed by atoms with van der Waals surface area (Å²) in [5, 5.41) is 16.6. The lowest BCUT2D eigenvalue weighted by molar-refractivity contribution is -0.119. The molecule has 0 fully saturated rings. The molecule has 0 aromatic heterocycles. The first-order valence-corrected chi connectivity index (χ1v) is 7.15. The Bertz CT molecular complexity index is 705. The molecule has 1 amide bonds. The number of methoxy groups -OCH3 is 1. The van der Waals surface area contributed by atoms with E-state index in [9.17, 15) is 9.90 Å². The molecule has 0 aliphatic rings. The Morgan fingerprint density at radius 1 is 1.35 bits per heavy atom. The SMILES string of the molecule is COc1cc(/C=N\NC(=O)CNc2ccccc2)cc(Cl)c1O. The quantitative estimate of drug-likeness (QED) is 0.560. The minimum atomic E-state index is -0.290. The summed E-state index contributed by atoms with van der Waals surface area (Å²) in [5.74, 6) is -0.194. The maximum Gasteiger partial charge on any atom is 0.259 e. The van der Waals surface area contributed by atoms with E-state index in [0.717, 1.165) is 5.69 Å². The summed E-state index contributed by atoms with van der Waals surface area (Å²) in [6, 6.07) is 12.4. The number of rotatable bonds is 6. The van der Waals surface area contributed by atoms with E-state index in [2.05, 4.69) is 15.8 Å².